The van der Waals surface area contributed by atoms with Crippen LogP contribution in [-0.2, 0) is 37.1 Å². The van der Waals surface area contributed by atoms with Gasteiger partial charge in [-0.15, -0.1) is 0 Å². The summed E-state index contributed by atoms with van der Waals surface area (Å²) in [6, 6.07) is 26.2. The average molecular weight is 1070 g/mol. The lowest BCUT2D eigenvalue weighted by atomic mass is 9.92. The first-order chi connectivity index (χ1) is 35.4. The molecule has 2 aromatic heterocycles. The second-order valence-electron chi connectivity index (χ2n) is 17.5. The number of alkyl halides is 18. The van der Waals surface area contributed by atoms with Gasteiger partial charge in [0, 0.05) is 27.1 Å². The molecular formula is C55H25F18N3. The van der Waals surface area contributed by atoms with Crippen molar-refractivity contribution >= 4 is 43.6 Å². The maximum atomic E-state index is 15.0. The fourth-order valence-corrected chi connectivity index (χ4v) is 9.50. The maximum absolute atomic E-state index is 15.0. The summed E-state index contributed by atoms with van der Waals surface area (Å²) in [5.74, 6) is 0. The number of para-hydroxylation sites is 2. The molecule has 0 aliphatic rings. The van der Waals surface area contributed by atoms with Crippen LogP contribution in [0.15, 0.2) is 152 Å². The lowest BCUT2D eigenvalue weighted by Crippen LogP contribution is -2.13. The first kappa shape index (κ1) is 51.1. The van der Waals surface area contributed by atoms with Crippen LogP contribution >= 0.6 is 0 Å². The number of hydrogen-bond donors (Lipinski definition) is 0. The van der Waals surface area contributed by atoms with E-state index in [1.165, 1.54) is 69.8 Å². The number of fused-ring (bicyclic) bond motifs is 6. The Kier molecular flexibility index (Phi) is 11.6. The Balaban J connectivity index is 1.36. The van der Waals surface area contributed by atoms with Gasteiger partial charge in [-0.25, -0.2) is 0 Å². The average Bonchev–Trinajstić information content (AvgIpc) is 3.93. The van der Waals surface area contributed by atoms with Crippen molar-refractivity contribution in [3.63, 3.8) is 0 Å². The van der Waals surface area contributed by atoms with Gasteiger partial charge in [0.05, 0.1) is 78.5 Å². The number of nitrogens with zero attached hydrogens (tertiary/aromatic N) is 3. The Labute approximate surface area is 414 Å². The number of hydrogen-bond acceptors (Lipinski definition) is 1. The molecule has 3 nitrogen and oxygen atoms in total. The summed E-state index contributed by atoms with van der Waals surface area (Å²) < 4.78 is 260. The van der Waals surface area contributed by atoms with E-state index in [4.69, 9.17) is 0 Å². The summed E-state index contributed by atoms with van der Waals surface area (Å²) in [6.45, 7) is 0. The highest BCUT2D eigenvalue weighted by Gasteiger charge is 2.41. The monoisotopic (exact) mass is 1070 g/mol. The van der Waals surface area contributed by atoms with Crippen LogP contribution < -0.4 is 0 Å². The van der Waals surface area contributed by atoms with Gasteiger partial charge < -0.3 is 9.13 Å². The van der Waals surface area contributed by atoms with E-state index in [1.54, 1.807) is 30.3 Å². The van der Waals surface area contributed by atoms with Crippen molar-refractivity contribution in [3.05, 3.63) is 191 Å². The molecule has 8 aromatic carbocycles. The van der Waals surface area contributed by atoms with Crippen LogP contribution in [0, 0.1) is 11.3 Å². The summed E-state index contributed by atoms with van der Waals surface area (Å²) in [5.41, 5.74) is -14.0. The highest BCUT2D eigenvalue weighted by atomic mass is 19.4. The van der Waals surface area contributed by atoms with Crippen LogP contribution in [0.5, 0.6) is 0 Å². The molecule has 0 spiro atoms. The van der Waals surface area contributed by atoms with E-state index in [0.717, 1.165) is 12.1 Å². The fourth-order valence-electron chi connectivity index (χ4n) is 9.50. The molecule has 0 amide bonds. The van der Waals surface area contributed by atoms with Crippen LogP contribution in [0.4, 0.5) is 79.0 Å². The Morgan fingerprint density at radius 3 is 1.07 bits per heavy atom. The van der Waals surface area contributed by atoms with Crippen molar-refractivity contribution in [3.8, 4) is 50.8 Å². The van der Waals surface area contributed by atoms with Gasteiger partial charge in [0.1, 0.15) is 0 Å². The van der Waals surface area contributed by atoms with Crippen LogP contribution in [0.1, 0.15) is 38.9 Å². The van der Waals surface area contributed by atoms with E-state index in [2.05, 4.69) is 0 Å². The summed E-state index contributed by atoms with van der Waals surface area (Å²) in [7, 11) is 0. The molecule has 0 saturated heterocycles. The van der Waals surface area contributed by atoms with Crippen LogP contribution in [0.2, 0.25) is 0 Å². The molecule has 10 rings (SSSR count). The number of nitriles is 1. The lowest BCUT2D eigenvalue weighted by molar-refractivity contribution is -0.144. The summed E-state index contributed by atoms with van der Waals surface area (Å²) in [5, 5.41) is 12.0. The number of benzene rings is 8. The number of halogens is 18. The highest BCUT2D eigenvalue weighted by Crippen LogP contribution is 2.48. The third-order valence-electron chi connectivity index (χ3n) is 12.8. The zero-order chi connectivity index (χ0) is 54.8. The minimum Gasteiger partial charge on any atom is -0.307 e. The fraction of sp³-hybridized carbons (Fsp3) is 0.109. The SMILES string of the molecule is N#Cc1cc(-n2c3ccccc3c3ccc(-c4cc(C(F)(F)F)cc(C(F)(F)F)c4)cc32)c(-n2c3ccccc3c3ccc(-c4cc(C(F)(F)F)cc(C(F)(F)F)c4)cc32)cc1-c1ccc(C(F)(F)F)cc1C(F)(F)F. The van der Waals surface area contributed by atoms with Crippen LogP contribution in [0.3, 0.4) is 0 Å². The van der Waals surface area contributed by atoms with E-state index in [9.17, 15) is 71.1 Å². The molecule has 2 heterocycles. The Bertz CT molecular complexity index is 3980. The van der Waals surface area contributed by atoms with Gasteiger partial charge in [0.15, 0.2) is 0 Å². The van der Waals surface area contributed by atoms with Gasteiger partial charge in [-0.05, 0) is 113 Å². The second-order valence-corrected chi connectivity index (χ2v) is 17.5. The minimum absolute atomic E-state index is 0.0122. The Morgan fingerprint density at radius 2 is 0.684 bits per heavy atom. The van der Waals surface area contributed by atoms with Gasteiger partial charge in [-0.1, -0.05) is 66.7 Å². The quantitative estimate of drug-likeness (QED) is 0.158. The van der Waals surface area contributed by atoms with Crippen molar-refractivity contribution in [2.24, 2.45) is 0 Å². The first-order valence-corrected chi connectivity index (χ1v) is 22.0. The van der Waals surface area contributed by atoms with E-state index < -0.39 is 98.3 Å². The minimum atomic E-state index is -5.51. The maximum Gasteiger partial charge on any atom is 0.417 e. The predicted molar refractivity (Wildman–Crippen MR) is 246 cm³/mol. The molecule has 0 unspecified atom stereocenters. The molecule has 0 fully saturated rings. The molecule has 21 heteroatoms. The van der Waals surface area contributed by atoms with Crippen molar-refractivity contribution in [2.45, 2.75) is 37.1 Å². The van der Waals surface area contributed by atoms with Gasteiger partial charge in [-0.3, -0.25) is 0 Å². The zero-order valence-corrected chi connectivity index (χ0v) is 37.6. The van der Waals surface area contributed by atoms with Gasteiger partial charge >= 0.3 is 37.1 Å². The molecule has 10 aromatic rings. The van der Waals surface area contributed by atoms with Crippen LogP contribution in [-0.4, -0.2) is 9.13 Å². The van der Waals surface area contributed by atoms with Crippen molar-refractivity contribution in [2.75, 3.05) is 0 Å². The normalized spacial score (nSPS) is 13.1. The van der Waals surface area contributed by atoms with Crippen molar-refractivity contribution in [1.29, 1.82) is 5.26 Å². The highest BCUT2D eigenvalue weighted by molar-refractivity contribution is 6.13. The van der Waals surface area contributed by atoms with E-state index in [0.29, 0.717) is 47.2 Å². The van der Waals surface area contributed by atoms with E-state index in [1.807, 2.05) is 0 Å². The van der Waals surface area contributed by atoms with Crippen molar-refractivity contribution < 1.29 is 79.0 Å². The molecule has 0 radical (unpaired) electrons. The third-order valence-corrected chi connectivity index (χ3v) is 12.8. The summed E-state index contributed by atoms with van der Waals surface area (Å²) in [4.78, 5) is 0. The molecule has 0 bridgehead atoms. The van der Waals surface area contributed by atoms with Crippen LogP contribution in [0.25, 0.3) is 88.4 Å². The van der Waals surface area contributed by atoms with Gasteiger partial charge in [-0.2, -0.15) is 84.3 Å². The molecule has 76 heavy (non-hydrogen) atoms. The largest absolute Gasteiger partial charge is 0.417 e. The van der Waals surface area contributed by atoms with E-state index in [-0.39, 0.29) is 73.5 Å². The zero-order valence-electron chi connectivity index (χ0n) is 37.6. The third kappa shape index (κ3) is 8.98. The number of rotatable bonds is 5. The summed E-state index contributed by atoms with van der Waals surface area (Å²) >= 11 is 0. The molecule has 0 atom stereocenters. The molecule has 0 aliphatic heterocycles. The number of aromatic nitrogens is 2. The molecule has 0 aliphatic carbocycles. The molecular weight excluding hydrogens is 1040 g/mol. The molecule has 386 valence electrons. The Morgan fingerprint density at radius 1 is 0.303 bits per heavy atom. The summed E-state index contributed by atoms with van der Waals surface area (Å²) in [6.07, 6.45) is -31.9. The lowest BCUT2D eigenvalue weighted by Gasteiger charge is -2.22. The van der Waals surface area contributed by atoms with Gasteiger partial charge in [0.2, 0.25) is 0 Å². The predicted octanol–water partition coefficient (Wildman–Crippen LogP) is 18.9. The van der Waals surface area contributed by atoms with Crippen molar-refractivity contribution in [1.82, 2.24) is 9.13 Å². The first-order valence-electron chi connectivity index (χ1n) is 22.0. The topological polar surface area (TPSA) is 33.6 Å². The van der Waals surface area contributed by atoms with Gasteiger partial charge in [0.25, 0.3) is 0 Å². The Hall–Kier alpha value is -8.41. The molecule has 0 N–H and O–H groups in total. The van der Waals surface area contributed by atoms with E-state index >= 15 is 13.2 Å². The molecule has 0 saturated carbocycles. The smallest absolute Gasteiger partial charge is 0.307 e. The standard InChI is InChI=1S/C55H25F18N3/c56-50(57,58)32-11-14-37(43(24-32)55(71,72)73)42-25-49(76-45-8-4-2-6-39(45)41-13-10-28(20-47(41)76)30-17-35(53(65,66)67)23-36(18-30)54(68,69)70)48(21-31(42)26-74)75-44-7-3-1-5-38(44)40-12-9-27(19-46(40)75)29-15-33(51(59,60)61)22-34(16-29)52(62,63)64/h1-25H. The second kappa shape index (κ2) is 17.3.